The number of nitrogens with zero attached hydrogens (tertiary/aromatic N) is 1. The zero-order valence-electron chi connectivity index (χ0n) is 10.8. The van der Waals surface area contributed by atoms with Crippen LogP contribution in [-0.2, 0) is 6.54 Å². The smallest absolute Gasteiger partial charge is 0.131 e. The molecule has 0 amide bonds. The van der Waals surface area contributed by atoms with Gasteiger partial charge in [0.2, 0.25) is 0 Å². The standard InChI is InChI=1S/C13H20FNO2/c1-13(2,16)9-15(3)8-10-5-6-11(17-4)7-12(10)14/h5-7,16H,8-9H2,1-4H3. The van der Waals surface area contributed by atoms with E-state index in [4.69, 9.17) is 4.74 Å². The third-order valence-corrected chi connectivity index (χ3v) is 2.36. The summed E-state index contributed by atoms with van der Waals surface area (Å²) < 4.78 is 18.6. The molecule has 0 saturated carbocycles. The van der Waals surface area contributed by atoms with E-state index >= 15 is 0 Å². The molecule has 0 aliphatic carbocycles. The lowest BCUT2D eigenvalue weighted by Crippen LogP contribution is -2.35. The molecule has 0 aliphatic heterocycles. The van der Waals surface area contributed by atoms with Crippen molar-refractivity contribution < 1.29 is 14.2 Å². The van der Waals surface area contributed by atoms with Crippen molar-refractivity contribution in [2.75, 3.05) is 20.7 Å². The van der Waals surface area contributed by atoms with Gasteiger partial charge < -0.3 is 9.84 Å². The number of methoxy groups -OCH3 is 1. The maximum atomic E-state index is 13.7. The molecule has 96 valence electrons. The number of hydrogen-bond acceptors (Lipinski definition) is 3. The zero-order chi connectivity index (χ0) is 13.1. The highest BCUT2D eigenvalue weighted by Crippen LogP contribution is 2.18. The van der Waals surface area contributed by atoms with Crippen molar-refractivity contribution in [1.29, 1.82) is 0 Å². The first-order valence-electron chi connectivity index (χ1n) is 5.55. The van der Waals surface area contributed by atoms with E-state index in [0.717, 1.165) is 0 Å². The van der Waals surface area contributed by atoms with Crippen LogP contribution in [0.15, 0.2) is 18.2 Å². The van der Waals surface area contributed by atoms with E-state index < -0.39 is 5.60 Å². The van der Waals surface area contributed by atoms with Gasteiger partial charge in [-0.05, 0) is 27.0 Å². The summed E-state index contributed by atoms with van der Waals surface area (Å²) in [7, 11) is 3.36. The van der Waals surface area contributed by atoms with Gasteiger partial charge in [0.25, 0.3) is 0 Å². The van der Waals surface area contributed by atoms with Gasteiger partial charge in [0.15, 0.2) is 0 Å². The summed E-state index contributed by atoms with van der Waals surface area (Å²) in [6, 6.07) is 4.80. The van der Waals surface area contributed by atoms with Crippen LogP contribution in [-0.4, -0.2) is 36.3 Å². The molecule has 1 aromatic carbocycles. The Morgan fingerprint density at radius 3 is 2.53 bits per heavy atom. The molecule has 0 unspecified atom stereocenters. The Bertz CT molecular complexity index is 374. The fourth-order valence-electron chi connectivity index (χ4n) is 1.79. The minimum absolute atomic E-state index is 0.285. The lowest BCUT2D eigenvalue weighted by atomic mass is 10.1. The summed E-state index contributed by atoms with van der Waals surface area (Å²) in [5.74, 6) is 0.225. The van der Waals surface area contributed by atoms with Crippen LogP contribution in [0.5, 0.6) is 5.75 Å². The number of ether oxygens (including phenoxy) is 1. The number of hydrogen-bond donors (Lipinski definition) is 1. The van der Waals surface area contributed by atoms with Gasteiger partial charge in [0.1, 0.15) is 11.6 Å². The predicted octanol–water partition coefficient (Wildman–Crippen LogP) is 2.04. The lowest BCUT2D eigenvalue weighted by molar-refractivity contribution is 0.0422. The van der Waals surface area contributed by atoms with Crippen molar-refractivity contribution in [2.45, 2.75) is 26.0 Å². The molecule has 0 saturated heterocycles. The number of benzene rings is 1. The highest BCUT2D eigenvalue weighted by atomic mass is 19.1. The molecular formula is C13H20FNO2. The van der Waals surface area contributed by atoms with E-state index in [9.17, 15) is 9.50 Å². The van der Waals surface area contributed by atoms with Crippen molar-refractivity contribution in [1.82, 2.24) is 4.90 Å². The second-order valence-corrected chi connectivity index (χ2v) is 4.94. The quantitative estimate of drug-likeness (QED) is 0.856. The Balaban J connectivity index is 2.68. The normalized spacial score (nSPS) is 11.9. The first kappa shape index (κ1) is 13.9. The average Bonchev–Trinajstić information content (AvgIpc) is 2.18. The Kier molecular flexibility index (Phi) is 4.48. The van der Waals surface area contributed by atoms with Gasteiger partial charge in [0.05, 0.1) is 12.7 Å². The van der Waals surface area contributed by atoms with Gasteiger partial charge in [-0.2, -0.15) is 0 Å². The van der Waals surface area contributed by atoms with Crippen LogP contribution in [0.4, 0.5) is 4.39 Å². The van der Waals surface area contributed by atoms with Gasteiger partial charge in [-0.1, -0.05) is 6.07 Å². The maximum Gasteiger partial charge on any atom is 0.131 e. The van der Waals surface area contributed by atoms with Crippen LogP contribution in [0, 0.1) is 5.82 Å². The molecule has 0 aliphatic rings. The number of likely N-dealkylation sites (N-methyl/N-ethyl adjacent to an activating group) is 1. The lowest BCUT2D eigenvalue weighted by Gasteiger charge is -2.25. The van der Waals surface area contributed by atoms with Crippen molar-refractivity contribution in [2.24, 2.45) is 0 Å². The largest absolute Gasteiger partial charge is 0.497 e. The van der Waals surface area contributed by atoms with Crippen LogP contribution in [0.1, 0.15) is 19.4 Å². The van der Waals surface area contributed by atoms with Crippen LogP contribution in [0.25, 0.3) is 0 Å². The summed E-state index contributed by atoms with van der Waals surface area (Å²) >= 11 is 0. The minimum atomic E-state index is -0.780. The molecule has 4 heteroatoms. The fraction of sp³-hybridized carbons (Fsp3) is 0.538. The first-order valence-corrected chi connectivity index (χ1v) is 5.55. The van der Waals surface area contributed by atoms with E-state index in [2.05, 4.69) is 0 Å². The Morgan fingerprint density at radius 1 is 1.41 bits per heavy atom. The van der Waals surface area contributed by atoms with Crippen molar-refractivity contribution >= 4 is 0 Å². The molecule has 0 radical (unpaired) electrons. The molecule has 1 rings (SSSR count). The van der Waals surface area contributed by atoms with E-state index in [1.54, 1.807) is 26.0 Å². The number of aliphatic hydroxyl groups is 1. The molecular weight excluding hydrogens is 221 g/mol. The van der Waals surface area contributed by atoms with E-state index in [-0.39, 0.29) is 5.82 Å². The molecule has 0 atom stereocenters. The molecule has 17 heavy (non-hydrogen) atoms. The topological polar surface area (TPSA) is 32.7 Å². The van der Waals surface area contributed by atoms with E-state index in [1.807, 2.05) is 11.9 Å². The van der Waals surface area contributed by atoms with Crippen LogP contribution in [0.3, 0.4) is 0 Å². The summed E-state index contributed by atoms with van der Waals surface area (Å²) in [5.41, 5.74) is -0.185. The zero-order valence-corrected chi connectivity index (χ0v) is 10.8. The molecule has 0 fully saturated rings. The summed E-state index contributed by atoms with van der Waals surface area (Å²) in [6.07, 6.45) is 0. The van der Waals surface area contributed by atoms with Gasteiger partial charge in [-0.3, -0.25) is 4.90 Å². The second-order valence-electron chi connectivity index (χ2n) is 4.94. The maximum absolute atomic E-state index is 13.7. The van der Waals surface area contributed by atoms with Crippen molar-refractivity contribution in [3.05, 3.63) is 29.6 Å². The molecule has 0 heterocycles. The summed E-state index contributed by atoms with van der Waals surface area (Å²) in [5, 5.41) is 9.66. The SMILES string of the molecule is COc1ccc(CN(C)CC(C)(C)O)c(F)c1. The van der Waals surface area contributed by atoms with Gasteiger partial charge in [-0.15, -0.1) is 0 Å². The Hall–Kier alpha value is -1.13. The molecule has 0 aromatic heterocycles. The molecule has 1 aromatic rings. The third kappa shape index (κ3) is 4.71. The van der Waals surface area contributed by atoms with E-state index in [1.165, 1.54) is 13.2 Å². The third-order valence-electron chi connectivity index (χ3n) is 2.36. The van der Waals surface area contributed by atoms with Crippen LogP contribution < -0.4 is 4.74 Å². The Morgan fingerprint density at radius 2 is 2.06 bits per heavy atom. The highest BCUT2D eigenvalue weighted by molar-refractivity contribution is 5.28. The molecule has 0 spiro atoms. The average molecular weight is 241 g/mol. The van der Waals surface area contributed by atoms with Crippen LogP contribution in [0.2, 0.25) is 0 Å². The fourth-order valence-corrected chi connectivity index (χ4v) is 1.79. The van der Waals surface area contributed by atoms with Crippen molar-refractivity contribution in [3.63, 3.8) is 0 Å². The van der Waals surface area contributed by atoms with Crippen molar-refractivity contribution in [3.8, 4) is 5.75 Å². The molecule has 1 N–H and O–H groups in total. The first-order chi connectivity index (χ1) is 7.81. The van der Waals surface area contributed by atoms with Gasteiger partial charge >= 0.3 is 0 Å². The predicted molar refractivity (Wildman–Crippen MR) is 65.6 cm³/mol. The monoisotopic (exact) mass is 241 g/mol. The summed E-state index contributed by atoms with van der Waals surface area (Å²) in [6.45, 7) is 4.40. The number of rotatable bonds is 5. The van der Waals surface area contributed by atoms with Crippen LogP contribution >= 0.6 is 0 Å². The second kappa shape index (κ2) is 5.47. The van der Waals surface area contributed by atoms with Gasteiger partial charge in [-0.25, -0.2) is 4.39 Å². The number of halogens is 1. The Labute approximate surface area is 102 Å². The molecule has 0 bridgehead atoms. The van der Waals surface area contributed by atoms with E-state index in [0.29, 0.717) is 24.4 Å². The highest BCUT2D eigenvalue weighted by Gasteiger charge is 2.16. The molecule has 3 nitrogen and oxygen atoms in total. The summed E-state index contributed by atoms with van der Waals surface area (Å²) in [4.78, 5) is 1.88. The van der Waals surface area contributed by atoms with Gasteiger partial charge in [0, 0.05) is 24.7 Å². The minimum Gasteiger partial charge on any atom is -0.497 e.